The van der Waals surface area contributed by atoms with E-state index >= 15 is 0 Å². The summed E-state index contributed by atoms with van der Waals surface area (Å²) in [6, 6.07) is 4.01. The Bertz CT molecular complexity index is 908. The summed E-state index contributed by atoms with van der Waals surface area (Å²) < 4.78 is 5.98. The van der Waals surface area contributed by atoms with Crippen LogP contribution in [-0.2, 0) is 24.3 Å². The third kappa shape index (κ3) is 3.36. The molecule has 0 amide bonds. The van der Waals surface area contributed by atoms with Crippen molar-refractivity contribution in [3.05, 3.63) is 40.5 Å². The van der Waals surface area contributed by atoms with E-state index in [1.54, 1.807) is 29.3 Å². The van der Waals surface area contributed by atoms with Crippen LogP contribution in [0.2, 0.25) is 0 Å². The fourth-order valence-corrected chi connectivity index (χ4v) is 4.56. The molecule has 4 heterocycles. The molecule has 0 unspecified atom stereocenters. The third-order valence-electron chi connectivity index (χ3n) is 4.28. The molecule has 0 aromatic carbocycles. The molecule has 3 aromatic rings. The second kappa shape index (κ2) is 6.55. The maximum Gasteiger partial charge on any atom is 0.190 e. The SMILES string of the molecule is CSc1nc(NCc2cccnc2)c2c3c(sc2n1)COC(C)(C)C3. The highest BCUT2D eigenvalue weighted by Gasteiger charge is 2.31. The lowest BCUT2D eigenvalue weighted by Gasteiger charge is -2.30. The minimum atomic E-state index is -0.153. The van der Waals surface area contributed by atoms with Crippen molar-refractivity contribution in [3.63, 3.8) is 0 Å². The van der Waals surface area contributed by atoms with Crippen LogP contribution in [0.15, 0.2) is 29.7 Å². The highest BCUT2D eigenvalue weighted by Crippen LogP contribution is 2.41. The van der Waals surface area contributed by atoms with Crippen molar-refractivity contribution in [2.24, 2.45) is 0 Å². The number of thiophene rings is 1. The number of anilines is 1. The van der Waals surface area contributed by atoms with Crippen molar-refractivity contribution in [2.45, 2.75) is 44.2 Å². The van der Waals surface area contributed by atoms with Gasteiger partial charge in [-0.3, -0.25) is 4.98 Å². The van der Waals surface area contributed by atoms with Gasteiger partial charge in [0.25, 0.3) is 0 Å². The molecule has 1 aliphatic rings. The first-order chi connectivity index (χ1) is 12.1. The van der Waals surface area contributed by atoms with Gasteiger partial charge in [0.2, 0.25) is 0 Å². The van der Waals surface area contributed by atoms with Gasteiger partial charge in [-0.05, 0) is 37.3 Å². The predicted octanol–water partition coefficient (Wildman–Crippen LogP) is 4.27. The second-order valence-corrected chi connectivity index (χ2v) is 8.54. The zero-order valence-corrected chi connectivity index (χ0v) is 16.1. The number of pyridine rings is 1. The number of nitrogens with one attached hydrogen (secondary N) is 1. The van der Waals surface area contributed by atoms with E-state index in [0.29, 0.717) is 13.2 Å². The van der Waals surface area contributed by atoms with Crippen molar-refractivity contribution in [1.82, 2.24) is 15.0 Å². The predicted molar refractivity (Wildman–Crippen MR) is 103 cm³/mol. The van der Waals surface area contributed by atoms with Gasteiger partial charge in [0.05, 0.1) is 17.6 Å². The van der Waals surface area contributed by atoms with Gasteiger partial charge in [-0.2, -0.15) is 0 Å². The van der Waals surface area contributed by atoms with Crippen molar-refractivity contribution in [1.29, 1.82) is 0 Å². The monoisotopic (exact) mass is 372 g/mol. The quantitative estimate of drug-likeness (QED) is 0.545. The number of aromatic nitrogens is 3. The van der Waals surface area contributed by atoms with E-state index < -0.39 is 0 Å². The topological polar surface area (TPSA) is 59.9 Å². The molecule has 0 spiro atoms. The highest BCUT2D eigenvalue weighted by molar-refractivity contribution is 7.98. The van der Waals surface area contributed by atoms with Gasteiger partial charge >= 0.3 is 0 Å². The van der Waals surface area contributed by atoms with Crippen LogP contribution in [0.1, 0.15) is 29.9 Å². The molecule has 0 fully saturated rings. The van der Waals surface area contributed by atoms with E-state index in [0.717, 1.165) is 33.2 Å². The molecule has 0 atom stereocenters. The zero-order valence-electron chi connectivity index (χ0n) is 14.5. The van der Waals surface area contributed by atoms with Crippen LogP contribution in [0.4, 0.5) is 5.82 Å². The molecule has 0 saturated heterocycles. The largest absolute Gasteiger partial charge is 0.370 e. The second-order valence-electron chi connectivity index (χ2n) is 6.68. The van der Waals surface area contributed by atoms with E-state index in [9.17, 15) is 0 Å². The first-order valence-electron chi connectivity index (χ1n) is 8.19. The summed E-state index contributed by atoms with van der Waals surface area (Å²) >= 11 is 3.29. The Kier molecular flexibility index (Phi) is 4.39. The molecule has 1 aliphatic heterocycles. The minimum absolute atomic E-state index is 0.153. The fraction of sp³-hybridized carbons (Fsp3) is 0.389. The number of nitrogens with zero attached hydrogens (tertiary/aromatic N) is 3. The number of rotatable bonds is 4. The molecular formula is C18H20N4OS2. The molecule has 4 rings (SSSR count). The summed E-state index contributed by atoms with van der Waals surface area (Å²) in [5.41, 5.74) is 2.31. The molecular weight excluding hydrogens is 352 g/mol. The van der Waals surface area contributed by atoms with Gasteiger partial charge in [-0.15, -0.1) is 11.3 Å². The molecule has 5 nitrogen and oxygen atoms in total. The summed E-state index contributed by atoms with van der Waals surface area (Å²) in [6.07, 6.45) is 6.55. The Morgan fingerprint density at radius 3 is 3.00 bits per heavy atom. The minimum Gasteiger partial charge on any atom is -0.370 e. The molecule has 25 heavy (non-hydrogen) atoms. The average molecular weight is 373 g/mol. The summed E-state index contributed by atoms with van der Waals surface area (Å²) in [7, 11) is 0. The molecule has 0 saturated carbocycles. The van der Waals surface area contributed by atoms with Gasteiger partial charge in [0.1, 0.15) is 10.6 Å². The van der Waals surface area contributed by atoms with Crippen LogP contribution < -0.4 is 5.32 Å². The molecule has 130 valence electrons. The van der Waals surface area contributed by atoms with Crippen molar-refractivity contribution in [2.75, 3.05) is 11.6 Å². The molecule has 3 aromatic heterocycles. The van der Waals surface area contributed by atoms with Crippen LogP contribution in [0.5, 0.6) is 0 Å². The summed E-state index contributed by atoms with van der Waals surface area (Å²) in [4.78, 5) is 16.0. The van der Waals surface area contributed by atoms with E-state index in [2.05, 4.69) is 30.2 Å². The maximum atomic E-state index is 5.98. The van der Waals surface area contributed by atoms with Gasteiger partial charge in [-0.25, -0.2) is 9.97 Å². The van der Waals surface area contributed by atoms with Crippen molar-refractivity contribution < 1.29 is 4.74 Å². The van der Waals surface area contributed by atoms with Crippen LogP contribution in [0, 0.1) is 0 Å². The molecule has 1 N–H and O–H groups in total. The first kappa shape index (κ1) is 16.8. The number of ether oxygens (including phenoxy) is 1. The standard InChI is InChI=1S/C18H20N4OS2/c1-18(2)7-12-13(10-23-18)25-16-14(12)15(21-17(22-16)24-3)20-9-11-5-4-6-19-8-11/h4-6,8H,7,9-10H2,1-3H3,(H,20,21,22). The Balaban J connectivity index is 1.77. The average Bonchev–Trinajstić information content (AvgIpc) is 2.97. The van der Waals surface area contributed by atoms with Gasteiger partial charge in [0, 0.05) is 30.2 Å². The van der Waals surface area contributed by atoms with Crippen LogP contribution in [0.25, 0.3) is 10.2 Å². The Morgan fingerprint density at radius 1 is 1.36 bits per heavy atom. The smallest absolute Gasteiger partial charge is 0.190 e. The van der Waals surface area contributed by atoms with Crippen LogP contribution >= 0.6 is 23.1 Å². The van der Waals surface area contributed by atoms with E-state index in [1.165, 1.54) is 10.4 Å². The summed E-state index contributed by atoms with van der Waals surface area (Å²) in [5.74, 6) is 0.911. The van der Waals surface area contributed by atoms with Gasteiger partial charge in [-0.1, -0.05) is 17.8 Å². The summed E-state index contributed by atoms with van der Waals surface area (Å²) in [6.45, 7) is 5.62. The van der Waals surface area contributed by atoms with Crippen molar-refractivity contribution >= 4 is 39.1 Å². The Hall–Kier alpha value is -1.70. The fourth-order valence-electron chi connectivity index (χ4n) is 3.03. The third-order valence-corrected chi connectivity index (χ3v) is 5.92. The maximum absolute atomic E-state index is 5.98. The zero-order chi connectivity index (χ0) is 17.4. The highest BCUT2D eigenvalue weighted by atomic mass is 32.2. The molecule has 7 heteroatoms. The van der Waals surface area contributed by atoms with E-state index in [1.807, 2.05) is 18.5 Å². The molecule has 0 bridgehead atoms. The normalized spacial score (nSPS) is 16.0. The summed E-state index contributed by atoms with van der Waals surface area (Å²) in [5, 5.41) is 5.45. The Morgan fingerprint density at radius 2 is 2.24 bits per heavy atom. The number of fused-ring (bicyclic) bond motifs is 3. The van der Waals surface area contributed by atoms with Gasteiger partial charge in [0.15, 0.2) is 5.16 Å². The van der Waals surface area contributed by atoms with Crippen molar-refractivity contribution in [3.8, 4) is 0 Å². The lowest BCUT2D eigenvalue weighted by Crippen LogP contribution is -2.31. The molecule has 0 aliphatic carbocycles. The Labute approximate surface area is 155 Å². The number of thioether (sulfide) groups is 1. The molecule has 0 radical (unpaired) electrons. The first-order valence-corrected chi connectivity index (χ1v) is 10.2. The van der Waals surface area contributed by atoms with Gasteiger partial charge < -0.3 is 10.1 Å². The van der Waals surface area contributed by atoms with Crippen LogP contribution in [0.3, 0.4) is 0 Å². The van der Waals surface area contributed by atoms with E-state index in [-0.39, 0.29) is 5.60 Å². The number of hydrogen-bond acceptors (Lipinski definition) is 7. The lowest BCUT2D eigenvalue weighted by atomic mass is 9.94. The van der Waals surface area contributed by atoms with Crippen LogP contribution in [-0.4, -0.2) is 26.8 Å². The van der Waals surface area contributed by atoms with E-state index in [4.69, 9.17) is 14.7 Å². The number of hydrogen-bond donors (Lipinski definition) is 1. The lowest BCUT2D eigenvalue weighted by molar-refractivity contribution is -0.0379.